The van der Waals surface area contributed by atoms with E-state index in [1.807, 2.05) is 18.2 Å². The molecule has 1 aliphatic heterocycles. The van der Waals surface area contributed by atoms with Gasteiger partial charge in [0.2, 0.25) is 0 Å². The number of benzene rings is 1. The number of carbonyl (C=O) groups is 1. The van der Waals surface area contributed by atoms with Crippen LogP contribution in [0.4, 0.5) is 4.79 Å². The summed E-state index contributed by atoms with van der Waals surface area (Å²) in [6.07, 6.45) is 0.861. The topological polar surface area (TPSA) is 85.9 Å². The van der Waals surface area contributed by atoms with Crippen LogP contribution in [0.3, 0.4) is 0 Å². The van der Waals surface area contributed by atoms with Crippen LogP contribution in [-0.4, -0.2) is 25.0 Å². The minimum Gasteiger partial charge on any atom is -0.490 e. The highest BCUT2D eigenvalue weighted by Gasteiger charge is 2.11. The van der Waals surface area contributed by atoms with Crippen LogP contribution in [-0.2, 0) is 0 Å². The number of urea groups is 1. The summed E-state index contributed by atoms with van der Waals surface area (Å²) in [6, 6.07) is 4.83. The number of primary amides is 1. The van der Waals surface area contributed by atoms with Gasteiger partial charge in [-0.3, -0.25) is 0 Å². The van der Waals surface area contributed by atoms with Crippen molar-refractivity contribution in [3.8, 4) is 11.5 Å². The summed E-state index contributed by atoms with van der Waals surface area (Å²) in [4.78, 5) is 10.6. The minimum absolute atomic E-state index is 0.631. The maximum Gasteiger partial charge on any atom is 0.332 e. The van der Waals surface area contributed by atoms with Gasteiger partial charge in [-0.05, 0) is 25.1 Å². The normalized spacial score (nSPS) is 14.8. The molecule has 0 aromatic heterocycles. The maximum atomic E-state index is 10.6. The molecule has 0 unspecified atom stereocenters. The molecule has 1 aliphatic rings. The standard InChI is InChI=1S/C12H15N3O3/c1-8(14-15-12(13)16)9-3-4-10-11(7-9)18-6-2-5-17-10/h3-4,7H,2,5-6H2,1H3,(H3,13,15,16). The molecule has 0 aliphatic carbocycles. The lowest BCUT2D eigenvalue weighted by Gasteiger charge is -2.09. The number of nitrogens with zero attached hydrogens (tertiary/aromatic N) is 1. The fourth-order valence-corrected chi connectivity index (χ4v) is 1.59. The second kappa shape index (κ2) is 5.39. The summed E-state index contributed by atoms with van der Waals surface area (Å²) in [5, 5.41) is 3.86. The molecule has 0 bridgehead atoms. The predicted octanol–water partition coefficient (Wildman–Crippen LogP) is 1.24. The van der Waals surface area contributed by atoms with Crippen LogP contribution in [0.2, 0.25) is 0 Å². The van der Waals surface area contributed by atoms with E-state index >= 15 is 0 Å². The molecular formula is C12H15N3O3. The lowest BCUT2D eigenvalue weighted by Crippen LogP contribution is -2.25. The quantitative estimate of drug-likeness (QED) is 0.610. The summed E-state index contributed by atoms with van der Waals surface area (Å²) in [5.74, 6) is 1.42. The molecule has 6 nitrogen and oxygen atoms in total. The minimum atomic E-state index is -0.691. The predicted molar refractivity (Wildman–Crippen MR) is 67.0 cm³/mol. The van der Waals surface area contributed by atoms with Crippen molar-refractivity contribution in [2.75, 3.05) is 13.2 Å². The van der Waals surface area contributed by atoms with Gasteiger partial charge < -0.3 is 15.2 Å². The van der Waals surface area contributed by atoms with Gasteiger partial charge in [0, 0.05) is 12.0 Å². The Morgan fingerprint density at radius 2 is 2.06 bits per heavy atom. The van der Waals surface area contributed by atoms with Gasteiger partial charge in [-0.25, -0.2) is 10.2 Å². The van der Waals surface area contributed by atoms with Crippen LogP contribution in [0.1, 0.15) is 18.9 Å². The van der Waals surface area contributed by atoms with Crippen LogP contribution in [0.5, 0.6) is 11.5 Å². The van der Waals surface area contributed by atoms with Gasteiger partial charge >= 0.3 is 6.03 Å². The molecule has 0 radical (unpaired) electrons. The van der Waals surface area contributed by atoms with Gasteiger partial charge in [-0.15, -0.1) is 0 Å². The summed E-state index contributed by atoms with van der Waals surface area (Å²) in [7, 11) is 0. The van der Waals surface area contributed by atoms with Crippen LogP contribution >= 0.6 is 0 Å². The third-order valence-corrected chi connectivity index (χ3v) is 2.50. The van der Waals surface area contributed by atoms with E-state index in [0.29, 0.717) is 24.7 Å². The molecule has 6 heteroatoms. The first-order chi connectivity index (χ1) is 8.66. The van der Waals surface area contributed by atoms with Crippen LogP contribution in [0.15, 0.2) is 23.3 Å². The molecule has 1 aromatic carbocycles. The zero-order valence-electron chi connectivity index (χ0n) is 10.1. The summed E-state index contributed by atoms with van der Waals surface area (Å²) in [6.45, 7) is 3.06. The molecule has 3 N–H and O–H groups in total. The number of fused-ring (bicyclic) bond motifs is 1. The first kappa shape index (κ1) is 12.2. The molecule has 2 amide bonds. The fraction of sp³-hybridized carbons (Fsp3) is 0.333. The van der Waals surface area contributed by atoms with E-state index in [4.69, 9.17) is 15.2 Å². The fourth-order valence-electron chi connectivity index (χ4n) is 1.59. The molecule has 0 saturated heterocycles. The summed E-state index contributed by atoms with van der Waals surface area (Å²) >= 11 is 0. The molecule has 0 saturated carbocycles. The van der Waals surface area contributed by atoms with Crippen LogP contribution in [0.25, 0.3) is 0 Å². The first-order valence-corrected chi connectivity index (χ1v) is 5.66. The highest BCUT2D eigenvalue weighted by Crippen LogP contribution is 2.30. The Morgan fingerprint density at radius 3 is 2.78 bits per heavy atom. The molecule has 2 rings (SSSR count). The van der Waals surface area contributed by atoms with Crippen molar-refractivity contribution >= 4 is 11.7 Å². The number of hydrogen-bond donors (Lipinski definition) is 2. The molecular weight excluding hydrogens is 234 g/mol. The average Bonchev–Trinajstić information content (AvgIpc) is 2.60. The van der Waals surface area contributed by atoms with Crippen molar-refractivity contribution in [2.24, 2.45) is 10.8 Å². The molecule has 96 valence electrons. The van der Waals surface area contributed by atoms with Gasteiger partial charge in [-0.2, -0.15) is 5.10 Å². The van der Waals surface area contributed by atoms with Crippen molar-refractivity contribution in [3.05, 3.63) is 23.8 Å². The van der Waals surface area contributed by atoms with E-state index in [1.54, 1.807) is 6.92 Å². The van der Waals surface area contributed by atoms with E-state index in [-0.39, 0.29) is 0 Å². The van der Waals surface area contributed by atoms with Crippen molar-refractivity contribution in [3.63, 3.8) is 0 Å². The molecule has 1 aromatic rings. The van der Waals surface area contributed by atoms with Crippen molar-refractivity contribution in [1.29, 1.82) is 0 Å². The van der Waals surface area contributed by atoms with Crippen molar-refractivity contribution in [2.45, 2.75) is 13.3 Å². The average molecular weight is 249 g/mol. The zero-order chi connectivity index (χ0) is 13.0. The van der Waals surface area contributed by atoms with E-state index < -0.39 is 6.03 Å². The highest BCUT2D eigenvalue weighted by molar-refractivity contribution is 5.99. The first-order valence-electron chi connectivity index (χ1n) is 5.66. The van der Waals surface area contributed by atoms with Gasteiger partial charge in [-0.1, -0.05) is 0 Å². The third kappa shape index (κ3) is 2.91. The number of hydrazone groups is 1. The van der Waals surface area contributed by atoms with Gasteiger partial charge in [0.15, 0.2) is 11.5 Å². The van der Waals surface area contributed by atoms with Crippen molar-refractivity contribution < 1.29 is 14.3 Å². The number of carbonyl (C=O) groups excluding carboxylic acids is 1. The van der Waals surface area contributed by atoms with Gasteiger partial charge in [0.25, 0.3) is 0 Å². The Kier molecular flexibility index (Phi) is 3.66. The maximum absolute atomic E-state index is 10.6. The summed E-state index contributed by atoms with van der Waals surface area (Å²) in [5.41, 5.74) is 8.62. The van der Waals surface area contributed by atoms with E-state index in [1.165, 1.54) is 0 Å². The number of nitrogens with two attached hydrogens (primary N) is 1. The van der Waals surface area contributed by atoms with Crippen LogP contribution in [0, 0.1) is 0 Å². The Balaban J connectivity index is 2.22. The number of amides is 2. The zero-order valence-corrected chi connectivity index (χ0v) is 10.1. The lowest BCUT2D eigenvalue weighted by atomic mass is 10.1. The van der Waals surface area contributed by atoms with E-state index in [2.05, 4.69) is 10.5 Å². The van der Waals surface area contributed by atoms with Gasteiger partial charge in [0.05, 0.1) is 18.9 Å². The van der Waals surface area contributed by atoms with Crippen LogP contribution < -0.4 is 20.6 Å². The smallest absolute Gasteiger partial charge is 0.332 e. The lowest BCUT2D eigenvalue weighted by molar-refractivity contribution is 0.249. The Labute approximate surface area is 105 Å². The van der Waals surface area contributed by atoms with E-state index in [0.717, 1.165) is 17.7 Å². The summed E-state index contributed by atoms with van der Waals surface area (Å²) < 4.78 is 11.1. The third-order valence-electron chi connectivity index (χ3n) is 2.50. The monoisotopic (exact) mass is 249 g/mol. The molecule has 1 heterocycles. The number of rotatable bonds is 2. The Hall–Kier alpha value is -2.24. The largest absolute Gasteiger partial charge is 0.490 e. The van der Waals surface area contributed by atoms with Gasteiger partial charge in [0.1, 0.15) is 0 Å². The molecule has 0 spiro atoms. The highest BCUT2D eigenvalue weighted by atomic mass is 16.5. The number of ether oxygens (including phenoxy) is 2. The second-order valence-electron chi connectivity index (χ2n) is 3.89. The number of hydrogen-bond acceptors (Lipinski definition) is 4. The van der Waals surface area contributed by atoms with Crippen molar-refractivity contribution in [1.82, 2.24) is 5.43 Å². The Morgan fingerprint density at radius 1 is 1.33 bits per heavy atom. The Bertz CT molecular complexity index is 485. The second-order valence-corrected chi connectivity index (χ2v) is 3.89. The molecule has 18 heavy (non-hydrogen) atoms. The molecule has 0 fully saturated rings. The SMILES string of the molecule is CC(=NNC(N)=O)c1ccc2c(c1)OCCCO2. The number of nitrogens with one attached hydrogen (secondary N) is 1. The molecule has 0 atom stereocenters. The van der Waals surface area contributed by atoms with E-state index in [9.17, 15) is 4.79 Å².